The van der Waals surface area contributed by atoms with Crippen LogP contribution in [0.4, 0.5) is 0 Å². The average Bonchev–Trinajstić information content (AvgIpc) is 3.54. The quantitative estimate of drug-likeness (QED) is 0.556. The number of nitrogens with one attached hydrogen (secondary N) is 1. The topological polar surface area (TPSA) is 67.8 Å². The van der Waals surface area contributed by atoms with Crippen LogP contribution in [-0.2, 0) is 20.7 Å². The largest absolute Gasteiger partial charge is 0.459 e. The minimum atomic E-state index is -0.507. The van der Waals surface area contributed by atoms with Gasteiger partial charge in [0.1, 0.15) is 0 Å². The fourth-order valence-electron chi connectivity index (χ4n) is 5.00. The molecule has 5 rings (SSSR count). The first kappa shape index (κ1) is 21.2. The Morgan fingerprint density at radius 3 is 2.75 bits per heavy atom. The number of rotatable bonds is 8. The van der Waals surface area contributed by atoms with Crippen molar-refractivity contribution in [2.45, 2.75) is 57.3 Å². The van der Waals surface area contributed by atoms with Crippen molar-refractivity contribution in [1.29, 1.82) is 0 Å². The summed E-state index contributed by atoms with van der Waals surface area (Å²) in [7, 11) is 0. The number of allylic oxidation sites excluding steroid dienone is 1. The third kappa shape index (κ3) is 4.19. The molecule has 1 fully saturated rings. The van der Waals surface area contributed by atoms with Crippen LogP contribution in [0.1, 0.15) is 55.2 Å². The fourth-order valence-corrected chi connectivity index (χ4v) is 5.00. The molecule has 5 heteroatoms. The number of benzene rings is 2. The normalized spacial score (nSPS) is 23.7. The van der Waals surface area contributed by atoms with Crippen molar-refractivity contribution < 1.29 is 19.4 Å². The lowest BCUT2D eigenvalue weighted by Crippen LogP contribution is -2.39. The van der Waals surface area contributed by atoms with E-state index in [9.17, 15) is 9.90 Å². The van der Waals surface area contributed by atoms with Gasteiger partial charge in [-0.2, -0.15) is 0 Å². The summed E-state index contributed by atoms with van der Waals surface area (Å²) in [6, 6.07) is 15.5. The van der Waals surface area contributed by atoms with E-state index in [1.165, 1.54) is 27.8 Å². The van der Waals surface area contributed by atoms with Crippen molar-refractivity contribution in [1.82, 2.24) is 5.32 Å². The van der Waals surface area contributed by atoms with Gasteiger partial charge in [0.2, 0.25) is 6.29 Å². The SMILES string of the molecule is CCO[C@H]1OC(C(=O)NC2CC2)=C[C@@H](c2ccc3c(c2)Cc2ccccc2-3)[C@@H]1CCCO. The fraction of sp³-hybridized carbons (Fsp3) is 0.444. The number of fused-ring (bicyclic) bond motifs is 3. The molecule has 3 atom stereocenters. The second kappa shape index (κ2) is 9.08. The molecule has 1 saturated carbocycles. The van der Waals surface area contributed by atoms with Gasteiger partial charge in [0.05, 0.1) is 0 Å². The molecule has 0 saturated heterocycles. The highest BCUT2D eigenvalue weighted by Gasteiger charge is 2.39. The van der Waals surface area contributed by atoms with Crippen LogP contribution in [-0.4, -0.2) is 36.6 Å². The summed E-state index contributed by atoms with van der Waals surface area (Å²) < 4.78 is 12.0. The summed E-state index contributed by atoms with van der Waals surface area (Å²) >= 11 is 0. The first-order valence-corrected chi connectivity index (χ1v) is 11.8. The Morgan fingerprint density at radius 2 is 1.97 bits per heavy atom. The molecule has 0 radical (unpaired) electrons. The monoisotopic (exact) mass is 433 g/mol. The lowest BCUT2D eigenvalue weighted by molar-refractivity contribution is -0.166. The van der Waals surface area contributed by atoms with E-state index in [1.807, 2.05) is 13.0 Å². The molecule has 1 amide bonds. The molecule has 168 valence electrons. The third-order valence-electron chi connectivity index (χ3n) is 6.75. The number of aliphatic hydroxyl groups excluding tert-OH is 1. The number of amides is 1. The zero-order valence-electron chi connectivity index (χ0n) is 18.5. The smallest absolute Gasteiger partial charge is 0.286 e. The Hall–Kier alpha value is -2.63. The van der Waals surface area contributed by atoms with Crippen molar-refractivity contribution in [2.75, 3.05) is 13.2 Å². The van der Waals surface area contributed by atoms with Gasteiger partial charge in [0.25, 0.3) is 5.91 Å². The predicted octanol–water partition coefficient (Wildman–Crippen LogP) is 4.29. The van der Waals surface area contributed by atoms with Gasteiger partial charge in [-0.1, -0.05) is 42.5 Å². The highest BCUT2D eigenvalue weighted by atomic mass is 16.7. The van der Waals surface area contributed by atoms with Gasteiger partial charge in [-0.05, 0) is 72.9 Å². The van der Waals surface area contributed by atoms with Gasteiger partial charge in [-0.3, -0.25) is 4.79 Å². The lowest BCUT2D eigenvalue weighted by atomic mass is 9.80. The van der Waals surface area contributed by atoms with Crippen LogP contribution in [0.25, 0.3) is 11.1 Å². The molecule has 2 aliphatic carbocycles. The third-order valence-corrected chi connectivity index (χ3v) is 6.75. The molecular formula is C27H31NO4. The van der Waals surface area contributed by atoms with E-state index in [0.717, 1.165) is 25.7 Å². The Kier molecular flexibility index (Phi) is 6.03. The molecule has 2 aromatic carbocycles. The Morgan fingerprint density at radius 1 is 1.16 bits per heavy atom. The number of ether oxygens (including phenoxy) is 2. The van der Waals surface area contributed by atoms with Crippen LogP contribution in [0.15, 0.2) is 54.3 Å². The van der Waals surface area contributed by atoms with Gasteiger partial charge in [0.15, 0.2) is 5.76 Å². The molecule has 1 heterocycles. The number of carbonyl (C=O) groups is 1. The van der Waals surface area contributed by atoms with Crippen molar-refractivity contribution >= 4 is 5.91 Å². The summed E-state index contributed by atoms with van der Waals surface area (Å²) in [5.41, 5.74) is 6.45. The zero-order chi connectivity index (χ0) is 22.1. The van der Waals surface area contributed by atoms with E-state index >= 15 is 0 Å². The maximum Gasteiger partial charge on any atom is 0.286 e. The number of carbonyl (C=O) groups excluding carboxylic acids is 1. The molecule has 1 aliphatic heterocycles. The Bertz CT molecular complexity index is 1030. The van der Waals surface area contributed by atoms with E-state index in [-0.39, 0.29) is 30.4 Å². The van der Waals surface area contributed by atoms with E-state index in [2.05, 4.69) is 47.8 Å². The van der Waals surface area contributed by atoms with Crippen LogP contribution in [0.2, 0.25) is 0 Å². The summed E-state index contributed by atoms with van der Waals surface area (Å²) in [4.78, 5) is 12.8. The molecule has 32 heavy (non-hydrogen) atoms. The number of aliphatic hydroxyl groups is 1. The van der Waals surface area contributed by atoms with Gasteiger partial charge < -0.3 is 19.9 Å². The van der Waals surface area contributed by atoms with Crippen molar-refractivity contribution in [3.8, 4) is 11.1 Å². The number of hydrogen-bond acceptors (Lipinski definition) is 4. The van der Waals surface area contributed by atoms with Crippen molar-refractivity contribution in [3.05, 3.63) is 71.0 Å². The minimum Gasteiger partial charge on any atom is -0.459 e. The molecule has 2 N–H and O–H groups in total. The summed E-state index contributed by atoms with van der Waals surface area (Å²) in [6.07, 6.45) is 5.88. The molecule has 3 aliphatic rings. The maximum atomic E-state index is 12.8. The molecule has 0 spiro atoms. The van der Waals surface area contributed by atoms with Crippen LogP contribution < -0.4 is 5.32 Å². The molecule has 0 unspecified atom stereocenters. The maximum absolute atomic E-state index is 12.8. The summed E-state index contributed by atoms with van der Waals surface area (Å²) in [6.45, 7) is 2.57. The highest BCUT2D eigenvalue weighted by molar-refractivity contribution is 5.92. The van der Waals surface area contributed by atoms with E-state index in [0.29, 0.717) is 18.8 Å². The summed E-state index contributed by atoms with van der Waals surface area (Å²) in [5.74, 6) is 0.211. The lowest BCUT2D eigenvalue weighted by Gasteiger charge is -2.37. The second-order valence-electron chi connectivity index (χ2n) is 9.03. The average molecular weight is 434 g/mol. The van der Waals surface area contributed by atoms with Crippen LogP contribution in [0.3, 0.4) is 0 Å². The van der Waals surface area contributed by atoms with Crippen LogP contribution in [0.5, 0.6) is 0 Å². The molecule has 0 aromatic heterocycles. The van der Waals surface area contributed by atoms with E-state index in [1.54, 1.807) is 0 Å². The Labute approximate surface area is 189 Å². The highest BCUT2D eigenvalue weighted by Crippen LogP contribution is 2.43. The van der Waals surface area contributed by atoms with Gasteiger partial charge >= 0.3 is 0 Å². The van der Waals surface area contributed by atoms with E-state index in [4.69, 9.17) is 9.47 Å². The van der Waals surface area contributed by atoms with Crippen molar-refractivity contribution in [3.63, 3.8) is 0 Å². The second-order valence-corrected chi connectivity index (χ2v) is 9.03. The van der Waals surface area contributed by atoms with Gasteiger partial charge in [-0.15, -0.1) is 0 Å². The Balaban J connectivity index is 1.50. The van der Waals surface area contributed by atoms with E-state index < -0.39 is 6.29 Å². The van der Waals surface area contributed by atoms with Crippen LogP contribution >= 0.6 is 0 Å². The standard InChI is InChI=1S/C27H31NO4/c1-2-31-27-23(8-5-13-29)24(16-25(32-27)26(30)28-20-10-11-20)18-9-12-22-19(15-18)14-17-6-3-4-7-21(17)22/h3-4,6-7,9,12,15-16,20,23-24,27,29H,2,5,8,10-11,13-14H2,1H3,(H,28,30)/t23-,24-,27-/m0/s1. The molecule has 2 aromatic rings. The summed E-state index contributed by atoms with van der Waals surface area (Å²) in [5, 5.41) is 12.5. The number of hydrogen-bond donors (Lipinski definition) is 2. The van der Waals surface area contributed by atoms with Crippen LogP contribution in [0, 0.1) is 5.92 Å². The van der Waals surface area contributed by atoms with Gasteiger partial charge in [-0.25, -0.2) is 0 Å². The molecular weight excluding hydrogens is 402 g/mol. The predicted molar refractivity (Wildman–Crippen MR) is 123 cm³/mol. The first-order valence-electron chi connectivity index (χ1n) is 11.8. The zero-order valence-corrected chi connectivity index (χ0v) is 18.5. The molecule has 0 bridgehead atoms. The van der Waals surface area contributed by atoms with Crippen molar-refractivity contribution in [2.24, 2.45) is 5.92 Å². The minimum absolute atomic E-state index is 0.0131. The van der Waals surface area contributed by atoms with Gasteiger partial charge in [0, 0.05) is 31.1 Å². The molecule has 5 nitrogen and oxygen atoms in total. The first-order chi connectivity index (χ1) is 15.7.